The first-order chi connectivity index (χ1) is 10.2. The van der Waals surface area contributed by atoms with E-state index in [0.717, 1.165) is 36.3 Å². The zero-order chi connectivity index (χ0) is 14.4. The Labute approximate surface area is 124 Å². The molecular weight excluding hydrogens is 260 g/mol. The number of aromatic nitrogens is 2. The van der Waals surface area contributed by atoms with E-state index >= 15 is 0 Å². The number of nitrogens with zero attached hydrogens (tertiary/aromatic N) is 1. The smallest absolute Gasteiger partial charge is 0.254 e. The molecule has 21 heavy (non-hydrogen) atoms. The van der Waals surface area contributed by atoms with Crippen LogP contribution in [0, 0.1) is 6.92 Å². The number of aryl methyl sites for hydroxylation is 2. The molecular formula is C18H20N2O. The first kappa shape index (κ1) is 12.8. The Kier molecular flexibility index (Phi) is 2.78. The van der Waals surface area contributed by atoms with Crippen LogP contribution < -0.4 is 5.56 Å². The van der Waals surface area contributed by atoms with E-state index in [-0.39, 0.29) is 11.0 Å². The third-order valence-electron chi connectivity index (χ3n) is 5.27. The number of aromatic amines is 1. The van der Waals surface area contributed by atoms with E-state index < -0.39 is 0 Å². The second-order valence-electron chi connectivity index (χ2n) is 6.54. The van der Waals surface area contributed by atoms with Gasteiger partial charge in [-0.05, 0) is 56.6 Å². The predicted molar refractivity (Wildman–Crippen MR) is 82.7 cm³/mol. The lowest BCUT2D eigenvalue weighted by Gasteiger charge is -2.42. The molecule has 1 unspecified atom stereocenters. The van der Waals surface area contributed by atoms with Gasteiger partial charge in [-0.1, -0.05) is 24.3 Å². The quantitative estimate of drug-likeness (QED) is 0.806. The van der Waals surface area contributed by atoms with Gasteiger partial charge in [0, 0.05) is 11.0 Å². The number of hydrogen-bond acceptors (Lipinski definition) is 2. The van der Waals surface area contributed by atoms with Crippen LogP contribution in [0.3, 0.4) is 0 Å². The monoisotopic (exact) mass is 280 g/mol. The van der Waals surface area contributed by atoms with Gasteiger partial charge in [0.05, 0.1) is 5.69 Å². The molecule has 3 nitrogen and oxygen atoms in total. The van der Waals surface area contributed by atoms with Gasteiger partial charge in [-0.3, -0.25) is 4.79 Å². The minimum atomic E-state index is 0.0662. The number of nitrogens with one attached hydrogen (secondary N) is 1. The molecule has 108 valence electrons. The second kappa shape index (κ2) is 4.55. The summed E-state index contributed by atoms with van der Waals surface area (Å²) < 4.78 is 0. The van der Waals surface area contributed by atoms with E-state index in [2.05, 4.69) is 34.2 Å². The zero-order valence-electron chi connectivity index (χ0n) is 12.4. The highest BCUT2D eigenvalue weighted by Gasteiger charge is 2.40. The van der Waals surface area contributed by atoms with Gasteiger partial charge >= 0.3 is 0 Å². The lowest BCUT2D eigenvalue weighted by Crippen LogP contribution is -2.39. The Morgan fingerprint density at radius 3 is 2.95 bits per heavy atom. The molecule has 0 saturated carbocycles. The maximum atomic E-state index is 12.1. The van der Waals surface area contributed by atoms with E-state index in [1.807, 2.05) is 6.92 Å². The van der Waals surface area contributed by atoms with Crippen molar-refractivity contribution in [1.82, 2.24) is 9.97 Å². The Balaban J connectivity index is 1.84. The Morgan fingerprint density at radius 1 is 1.19 bits per heavy atom. The van der Waals surface area contributed by atoms with Crippen LogP contribution in [0.15, 0.2) is 29.1 Å². The standard InChI is InChI=1S/C18H20N2O/c1-12-19-16-11-18(10-8-14(16)17(21)20-12)9-4-6-13-5-2-3-7-15(13)18/h2-3,5,7H,4,6,8-11H2,1H3,(H,19,20,21). The van der Waals surface area contributed by atoms with E-state index in [4.69, 9.17) is 0 Å². The highest BCUT2D eigenvalue weighted by molar-refractivity contribution is 5.40. The number of rotatable bonds is 0. The third-order valence-corrected chi connectivity index (χ3v) is 5.27. The Hall–Kier alpha value is -1.90. The van der Waals surface area contributed by atoms with E-state index in [1.165, 1.54) is 30.4 Å². The van der Waals surface area contributed by atoms with Crippen molar-refractivity contribution >= 4 is 0 Å². The van der Waals surface area contributed by atoms with Crippen LogP contribution in [0.1, 0.15) is 47.5 Å². The van der Waals surface area contributed by atoms with Crippen LogP contribution in [-0.2, 0) is 24.7 Å². The van der Waals surface area contributed by atoms with Gasteiger partial charge in [0.25, 0.3) is 5.56 Å². The molecule has 0 aliphatic heterocycles. The topological polar surface area (TPSA) is 45.8 Å². The molecule has 0 fully saturated rings. The summed E-state index contributed by atoms with van der Waals surface area (Å²) in [5.74, 6) is 0.736. The Bertz CT molecular complexity index is 762. The summed E-state index contributed by atoms with van der Waals surface area (Å²) in [6.07, 6.45) is 6.50. The molecule has 0 radical (unpaired) electrons. The van der Waals surface area contributed by atoms with Crippen molar-refractivity contribution in [2.45, 2.75) is 50.9 Å². The minimum Gasteiger partial charge on any atom is -0.311 e. The van der Waals surface area contributed by atoms with Gasteiger partial charge in [0.15, 0.2) is 0 Å². The van der Waals surface area contributed by atoms with Crippen LogP contribution >= 0.6 is 0 Å². The molecule has 0 amide bonds. The van der Waals surface area contributed by atoms with Crippen molar-refractivity contribution in [2.24, 2.45) is 0 Å². The normalized spacial score (nSPS) is 23.7. The molecule has 1 N–H and O–H groups in total. The van der Waals surface area contributed by atoms with E-state index in [0.29, 0.717) is 0 Å². The fourth-order valence-corrected chi connectivity index (χ4v) is 4.30. The van der Waals surface area contributed by atoms with Crippen molar-refractivity contribution in [2.75, 3.05) is 0 Å². The lowest BCUT2D eigenvalue weighted by molar-refractivity contribution is 0.311. The number of benzene rings is 1. The molecule has 4 rings (SSSR count). The predicted octanol–water partition coefficient (Wildman–Crippen LogP) is 2.84. The fourth-order valence-electron chi connectivity index (χ4n) is 4.30. The zero-order valence-corrected chi connectivity index (χ0v) is 12.4. The molecule has 0 saturated heterocycles. The van der Waals surface area contributed by atoms with Crippen LogP contribution in [0.2, 0.25) is 0 Å². The number of H-pyrrole nitrogens is 1. The van der Waals surface area contributed by atoms with Gasteiger partial charge in [-0.15, -0.1) is 0 Å². The molecule has 3 heteroatoms. The molecule has 2 aliphatic rings. The van der Waals surface area contributed by atoms with Crippen molar-refractivity contribution < 1.29 is 0 Å². The van der Waals surface area contributed by atoms with Gasteiger partial charge in [-0.2, -0.15) is 0 Å². The first-order valence-electron chi connectivity index (χ1n) is 7.85. The van der Waals surface area contributed by atoms with Crippen molar-refractivity contribution in [3.8, 4) is 0 Å². The summed E-state index contributed by atoms with van der Waals surface area (Å²) >= 11 is 0. The summed E-state index contributed by atoms with van der Waals surface area (Å²) in [6.45, 7) is 1.87. The highest BCUT2D eigenvalue weighted by atomic mass is 16.1. The molecule has 0 bridgehead atoms. The summed E-state index contributed by atoms with van der Waals surface area (Å²) in [7, 11) is 0. The van der Waals surface area contributed by atoms with Crippen LogP contribution in [0.25, 0.3) is 0 Å². The molecule has 2 aliphatic carbocycles. The third kappa shape index (κ3) is 1.95. The molecule has 1 spiro atoms. The van der Waals surface area contributed by atoms with E-state index in [1.54, 1.807) is 0 Å². The van der Waals surface area contributed by atoms with Crippen molar-refractivity contribution in [1.29, 1.82) is 0 Å². The minimum absolute atomic E-state index is 0.0662. The number of fused-ring (bicyclic) bond motifs is 3. The average molecular weight is 280 g/mol. The lowest BCUT2D eigenvalue weighted by atomic mass is 9.62. The maximum Gasteiger partial charge on any atom is 0.254 e. The van der Waals surface area contributed by atoms with Crippen molar-refractivity contribution in [3.63, 3.8) is 0 Å². The summed E-state index contributed by atoms with van der Waals surface area (Å²) in [5, 5.41) is 0. The van der Waals surface area contributed by atoms with Crippen LogP contribution in [0.4, 0.5) is 0 Å². The summed E-state index contributed by atoms with van der Waals surface area (Å²) in [6, 6.07) is 8.85. The molecule has 1 aromatic heterocycles. The van der Waals surface area contributed by atoms with Gasteiger partial charge < -0.3 is 4.98 Å². The first-order valence-corrected chi connectivity index (χ1v) is 7.85. The fraction of sp³-hybridized carbons (Fsp3) is 0.444. The van der Waals surface area contributed by atoms with Crippen molar-refractivity contribution in [3.05, 3.63) is 62.8 Å². The van der Waals surface area contributed by atoms with Gasteiger partial charge in [0.2, 0.25) is 0 Å². The highest BCUT2D eigenvalue weighted by Crippen LogP contribution is 2.45. The molecule has 1 aromatic carbocycles. The SMILES string of the molecule is Cc1nc2c(c(=O)[nH]1)CCC1(CCCc3ccccc31)C2. The Morgan fingerprint density at radius 2 is 2.05 bits per heavy atom. The molecule has 1 heterocycles. The van der Waals surface area contributed by atoms with Gasteiger partial charge in [0.1, 0.15) is 5.82 Å². The second-order valence-corrected chi connectivity index (χ2v) is 6.54. The maximum absolute atomic E-state index is 12.1. The summed E-state index contributed by atoms with van der Waals surface area (Å²) in [5.41, 5.74) is 5.20. The van der Waals surface area contributed by atoms with Crippen LogP contribution in [0.5, 0.6) is 0 Å². The largest absolute Gasteiger partial charge is 0.311 e. The average Bonchev–Trinajstić information content (AvgIpc) is 2.47. The molecule has 1 atom stereocenters. The summed E-state index contributed by atoms with van der Waals surface area (Å²) in [4.78, 5) is 19.6. The molecule has 2 aromatic rings. The number of hydrogen-bond donors (Lipinski definition) is 1. The van der Waals surface area contributed by atoms with Crippen LogP contribution in [-0.4, -0.2) is 9.97 Å². The van der Waals surface area contributed by atoms with E-state index in [9.17, 15) is 4.79 Å². The van der Waals surface area contributed by atoms with Gasteiger partial charge in [-0.25, -0.2) is 4.98 Å².